The van der Waals surface area contributed by atoms with Crippen molar-refractivity contribution in [2.45, 2.75) is 26.3 Å². The third-order valence-electron chi connectivity index (χ3n) is 4.13. The molecule has 2 heterocycles. The van der Waals surface area contributed by atoms with E-state index in [1.54, 1.807) is 25.3 Å². The van der Waals surface area contributed by atoms with Gasteiger partial charge in [0.2, 0.25) is 11.1 Å². The Morgan fingerprint density at radius 2 is 2.04 bits per heavy atom. The summed E-state index contributed by atoms with van der Waals surface area (Å²) in [6, 6.07) is 4.88. The first kappa shape index (κ1) is 17.2. The van der Waals surface area contributed by atoms with Gasteiger partial charge in [-0.2, -0.15) is 4.98 Å². The van der Waals surface area contributed by atoms with Crippen LogP contribution in [-0.2, 0) is 17.7 Å². The van der Waals surface area contributed by atoms with Crippen LogP contribution < -0.4 is 15.7 Å². The average molecular weight is 344 g/mol. The molecule has 0 aliphatic heterocycles. The summed E-state index contributed by atoms with van der Waals surface area (Å²) in [7, 11) is 3.14. The van der Waals surface area contributed by atoms with Crippen LogP contribution in [-0.4, -0.2) is 30.4 Å². The van der Waals surface area contributed by atoms with Gasteiger partial charge >= 0.3 is 0 Å². The lowest BCUT2D eigenvalue weighted by Crippen LogP contribution is -2.29. The van der Waals surface area contributed by atoms with Crippen molar-refractivity contribution >= 4 is 22.1 Å². The minimum atomic E-state index is -0.375. The summed E-state index contributed by atoms with van der Waals surface area (Å²) >= 11 is 0. The third kappa shape index (κ3) is 3.02. The summed E-state index contributed by atoms with van der Waals surface area (Å²) < 4.78 is 17.5. The molecule has 0 saturated heterocycles. The highest BCUT2D eigenvalue weighted by Gasteiger charge is 2.17. The van der Waals surface area contributed by atoms with E-state index in [9.17, 15) is 9.59 Å². The number of fused-ring (bicyclic) bond motifs is 2. The molecule has 0 radical (unpaired) electrons. The Morgan fingerprint density at radius 3 is 2.72 bits per heavy atom. The summed E-state index contributed by atoms with van der Waals surface area (Å²) in [6.07, 6.45) is 1.21. The van der Waals surface area contributed by atoms with E-state index < -0.39 is 0 Å². The normalized spacial score (nSPS) is 11.3. The molecule has 0 amide bonds. The molecule has 0 aliphatic carbocycles. The molecule has 1 aromatic carbocycles. The van der Waals surface area contributed by atoms with Gasteiger partial charge in [0.05, 0.1) is 12.5 Å². The molecule has 2 aromatic heterocycles. The van der Waals surface area contributed by atoms with Gasteiger partial charge in [0, 0.05) is 32.7 Å². The van der Waals surface area contributed by atoms with Gasteiger partial charge in [-0.3, -0.25) is 14.2 Å². The average Bonchev–Trinajstić information content (AvgIpc) is 2.62. The number of nitrogens with zero attached hydrogens (tertiary/aromatic N) is 2. The molecule has 0 fully saturated rings. The molecule has 0 atom stereocenters. The van der Waals surface area contributed by atoms with Crippen molar-refractivity contribution in [3.05, 3.63) is 44.6 Å². The van der Waals surface area contributed by atoms with Gasteiger partial charge in [0.1, 0.15) is 17.2 Å². The fourth-order valence-corrected chi connectivity index (χ4v) is 2.85. The number of methoxy groups -OCH3 is 2. The molecule has 7 nitrogen and oxygen atoms in total. The number of ether oxygens (including phenoxy) is 2. The SMILES string of the molecule is CCc1nc2oc3cc(OC)ccc3c(=O)c2c(=O)n1CCCOC. The first-order valence-electron chi connectivity index (χ1n) is 8.14. The molecule has 0 N–H and O–H groups in total. The second-order valence-electron chi connectivity index (χ2n) is 5.66. The van der Waals surface area contributed by atoms with E-state index in [2.05, 4.69) is 4.98 Å². The van der Waals surface area contributed by atoms with Crippen LogP contribution >= 0.6 is 0 Å². The molecular formula is C18H20N2O5. The fourth-order valence-electron chi connectivity index (χ4n) is 2.85. The van der Waals surface area contributed by atoms with E-state index in [0.29, 0.717) is 48.5 Å². The summed E-state index contributed by atoms with van der Waals surface area (Å²) in [6.45, 7) is 2.88. The number of aryl methyl sites for hydroxylation is 1. The van der Waals surface area contributed by atoms with E-state index in [0.717, 1.165) is 0 Å². The number of benzene rings is 1. The Kier molecular flexibility index (Phi) is 4.85. The fraction of sp³-hybridized carbons (Fsp3) is 0.389. The Bertz CT molecular complexity index is 1040. The zero-order valence-electron chi connectivity index (χ0n) is 14.5. The molecule has 132 valence electrons. The van der Waals surface area contributed by atoms with Gasteiger partial charge < -0.3 is 13.9 Å². The largest absolute Gasteiger partial charge is 0.497 e. The molecule has 0 unspecified atom stereocenters. The minimum Gasteiger partial charge on any atom is -0.497 e. The maximum atomic E-state index is 12.9. The van der Waals surface area contributed by atoms with Crippen LogP contribution in [0.3, 0.4) is 0 Å². The molecular weight excluding hydrogens is 324 g/mol. The molecule has 0 spiro atoms. The predicted octanol–water partition coefficient (Wildman–Crippen LogP) is 2.11. The molecule has 25 heavy (non-hydrogen) atoms. The van der Waals surface area contributed by atoms with Gasteiger partial charge in [-0.15, -0.1) is 0 Å². The lowest BCUT2D eigenvalue weighted by atomic mass is 10.2. The summed E-state index contributed by atoms with van der Waals surface area (Å²) in [4.78, 5) is 30.1. The van der Waals surface area contributed by atoms with Crippen LogP contribution in [0.5, 0.6) is 5.75 Å². The number of aromatic nitrogens is 2. The molecule has 3 aromatic rings. The zero-order valence-corrected chi connectivity index (χ0v) is 14.5. The second-order valence-corrected chi connectivity index (χ2v) is 5.66. The van der Waals surface area contributed by atoms with Crippen LogP contribution in [0.1, 0.15) is 19.2 Å². The Hall–Kier alpha value is -2.67. The first-order chi connectivity index (χ1) is 12.1. The zero-order chi connectivity index (χ0) is 18.0. The van der Waals surface area contributed by atoms with Crippen molar-refractivity contribution in [1.29, 1.82) is 0 Å². The maximum Gasteiger partial charge on any atom is 0.268 e. The van der Waals surface area contributed by atoms with Crippen molar-refractivity contribution in [3.8, 4) is 5.75 Å². The Balaban J connectivity index is 2.30. The van der Waals surface area contributed by atoms with Crippen molar-refractivity contribution < 1.29 is 13.9 Å². The molecule has 3 rings (SSSR count). The second kappa shape index (κ2) is 7.06. The maximum absolute atomic E-state index is 12.9. The van der Waals surface area contributed by atoms with E-state index in [1.165, 1.54) is 11.7 Å². The van der Waals surface area contributed by atoms with Crippen LogP contribution in [0.15, 0.2) is 32.2 Å². The first-order valence-corrected chi connectivity index (χ1v) is 8.14. The molecule has 0 bridgehead atoms. The molecule has 7 heteroatoms. The van der Waals surface area contributed by atoms with Crippen molar-refractivity contribution in [3.63, 3.8) is 0 Å². The standard InChI is InChI=1S/C18H20N2O5/c1-4-14-19-17-15(18(22)20(14)8-5-9-23-2)16(21)12-7-6-11(24-3)10-13(12)25-17/h6-7,10H,4-5,8-9H2,1-3H3. The van der Waals surface area contributed by atoms with Crippen LogP contribution in [0.2, 0.25) is 0 Å². The highest BCUT2D eigenvalue weighted by Crippen LogP contribution is 2.21. The van der Waals surface area contributed by atoms with Gasteiger partial charge in [-0.05, 0) is 18.6 Å². The lowest BCUT2D eigenvalue weighted by molar-refractivity contribution is 0.189. The summed E-state index contributed by atoms with van der Waals surface area (Å²) in [5, 5.41) is 0.312. The van der Waals surface area contributed by atoms with E-state index >= 15 is 0 Å². The summed E-state index contributed by atoms with van der Waals surface area (Å²) in [5.41, 5.74) is -0.331. The number of rotatable bonds is 6. The van der Waals surface area contributed by atoms with Crippen molar-refractivity contribution in [2.75, 3.05) is 20.8 Å². The molecule has 0 saturated carbocycles. The lowest BCUT2D eigenvalue weighted by Gasteiger charge is -2.12. The third-order valence-corrected chi connectivity index (χ3v) is 4.13. The van der Waals surface area contributed by atoms with Crippen molar-refractivity contribution in [1.82, 2.24) is 9.55 Å². The number of hydrogen-bond acceptors (Lipinski definition) is 6. The highest BCUT2D eigenvalue weighted by molar-refractivity contribution is 5.88. The Morgan fingerprint density at radius 1 is 1.24 bits per heavy atom. The van der Waals surface area contributed by atoms with E-state index in [-0.39, 0.29) is 22.1 Å². The van der Waals surface area contributed by atoms with Gasteiger partial charge in [-0.25, -0.2) is 0 Å². The highest BCUT2D eigenvalue weighted by atomic mass is 16.5. The van der Waals surface area contributed by atoms with E-state index in [1.807, 2.05) is 6.92 Å². The minimum absolute atomic E-state index is 0.0210. The van der Waals surface area contributed by atoms with Crippen LogP contribution in [0, 0.1) is 0 Å². The quantitative estimate of drug-likeness (QED) is 0.503. The smallest absolute Gasteiger partial charge is 0.268 e. The van der Waals surface area contributed by atoms with Gasteiger partial charge in [-0.1, -0.05) is 6.92 Å². The monoisotopic (exact) mass is 344 g/mol. The van der Waals surface area contributed by atoms with Gasteiger partial charge in [0.25, 0.3) is 5.56 Å². The van der Waals surface area contributed by atoms with Crippen LogP contribution in [0.25, 0.3) is 22.1 Å². The molecule has 0 aliphatic rings. The topological polar surface area (TPSA) is 83.6 Å². The predicted molar refractivity (Wildman–Crippen MR) is 94.5 cm³/mol. The van der Waals surface area contributed by atoms with Crippen LogP contribution in [0.4, 0.5) is 0 Å². The number of hydrogen-bond donors (Lipinski definition) is 0. The van der Waals surface area contributed by atoms with E-state index in [4.69, 9.17) is 13.9 Å². The van der Waals surface area contributed by atoms with Crippen molar-refractivity contribution in [2.24, 2.45) is 0 Å². The van der Waals surface area contributed by atoms with Gasteiger partial charge in [0.15, 0.2) is 5.39 Å². The summed E-state index contributed by atoms with van der Waals surface area (Å²) in [5.74, 6) is 1.15. The Labute approximate surface area is 143 Å².